The van der Waals surface area contributed by atoms with Gasteiger partial charge in [-0.15, -0.1) is 10.2 Å². The molecule has 5 nitrogen and oxygen atoms in total. The summed E-state index contributed by atoms with van der Waals surface area (Å²) in [5.74, 6) is 0.0637. The molecule has 100 valence electrons. The molecule has 1 aromatic carbocycles. The van der Waals surface area contributed by atoms with Gasteiger partial charge in [0.05, 0.1) is 5.02 Å². The van der Waals surface area contributed by atoms with Crippen LogP contribution in [0.2, 0.25) is 10.0 Å². The maximum atomic E-state index is 11.8. The predicted octanol–water partition coefficient (Wildman–Crippen LogP) is 3.25. The van der Waals surface area contributed by atoms with Gasteiger partial charge in [0, 0.05) is 5.02 Å². The highest BCUT2D eigenvalue weighted by Gasteiger charge is 2.17. The van der Waals surface area contributed by atoms with E-state index in [0.29, 0.717) is 20.9 Å². The number of anilines is 1. The van der Waals surface area contributed by atoms with Crippen molar-refractivity contribution in [3.05, 3.63) is 33.8 Å². The summed E-state index contributed by atoms with van der Waals surface area (Å²) in [7, 11) is 0. The third-order valence-corrected chi connectivity index (χ3v) is 3.29. The number of aromatic nitrogens is 2. The van der Waals surface area contributed by atoms with E-state index in [9.17, 15) is 4.79 Å². The molecule has 1 atom stereocenters. The number of nitrogens with one attached hydrogen (secondary N) is 1. The van der Waals surface area contributed by atoms with Crippen molar-refractivity contribution >= 4 is 45.6 Å². The number of carbonyl (C=O) groups excluding carboxylic acids is 1. The van der Waals surface area contributed by atoms with E-state index < -0.39 is 6.10 Å². The predicted molar refractivity (Wildman–Crippen MR) is 75.1 cm³/mol. The first-order chi connectivity index (χ1) is 9.06. The Balaban J connectivity index is 2.00. The second kappa shape index (κ2) is 6.18. The summed E-state index contributed by atoms with van der Waals surface area (Å²) in [6.07, 6.45) is -0.720. The number of nitrogens with zero attached hydrogens (tertiary/aromatic N) is 2. The van der Waals surface area contributed by atoms with E-state index in [0.717, 1.165) is 0 Å². The van der Waals surface area contributed by atoms with Crippen LogP contribution in [0.5, 0.6) is 5.75 Å². The van der Waals surface area contributed by atoms with Crippen molar-refractivity contribution in [2.45, 2.75) is 13.0 Å². The fraction of sp³-hybridized carbons (Fsp3) is 0.182. The first kappa shape index (κ1) is 14.0. The van der Waals surface area contributed by atoms with Crippen LogP contribution in [0.25, 0.3) is 0 Å². The van der Waals surface area contributed by atoms with Crippen molar-refractivity contribution in [3.63, 3.8) is 0 Å². The highest BCUT2D eigenvalue weighted by atomic mass is 35.5. The minimum atomic E-state index is -0.720. The monoisotopic (exact) mass is 317 g/mol. The quantitative estimate of drug-likeness (QED) is 0.940. The average molecular weight is 318 g/mol. The number of carbonyl (C=O) groups is 1. The van der Waals surface area contributed by atoms with Crippen LogP contribution >= 0.6 is 34.5 Å². The number of rotatable bonds is 4. The molecule has 0 aliphatic carbocycles. The van der Waals surface area contributed by atoms with Crippen LogP contribution < -0.4 is 10.1 Å². The molecular formula is C11H9Cl2N3O2S. The van der Waals surface area contributed by atoms with E-state index >= 15 is 0 Å². The first-order valence-electron chi connectivity index (χ1n) is 5.25. The lowest BCUT2D eigenvalue weighted by atomic mass is 10.3. The Morgan fingerprint density at radius 3 is 2.89 bits per heavy atom. The highest BCUT2D eigenvalue weighted by Crippen LogP contribution is 2.28. The van der Waals surface area contributed by atoms with Crippen molar-refractivity contribution < 1.29 is 9.53 Å². The van der Waals surface area contributed by atoms with Gasteiger partial charge in [-0.2, -0.15) is 0 Å². The van der Waals surface area contributed by atoms with E-state index in [2.05, 4.69) is 15.5 Å². The van der Waals surface area contributed by atoms with E-state index in [-0.39, 0.29) is 5.91 Å². The molecule has 0 bridgehead atoms. The van der Waals surface area contributed by atoms with Gasteiger partial charge in [0.15, 0.2) is 6.10 Å². The summed E-state index contributed by atoms with van der Waals surface area (Å²) in [5.41, 5.74) is 1.53. The van der Waals surface area contributed by atoms with Crippen molar-refractivity contribution in [1.82, 2.24) is 10.2 Å². The van der Waals surface area contributed by atoms with E-state index in [1.165, 1.54) is 16.8 Å². The van der Waals surface area contributed by atoms with Crippen molar-refractivity contribution in [2.24, 2.45) is 0 Å². The van der Waals surface area contributed by atoms with Crippen molar-refractivity contribution in [3.8, 4) is 5.75 Å². The third-order valence-electron chi connectivity index (χ3n) is 2.16. The number of benzene rings is 1. The summed E-state index contributed by atoms with van der Waals surface area (Å²) in [6.45, 7) is 1.61. The lowest BCUT2D eigenvalue weighted by Crippen LogP contribution is -2.30. The Hall–Kier alpha value is -1.37. The van der Waals surface area contributed by atoms with Gasteiger partial charge in [-0.25, -0.2) is 0 Å². The number of ether oxygens (including phenoxy) is 1. The number of amides is 1. The van der Waals surface area contributed by atoms with Crippen LogP contribution in [0, 0.1) is 0 Å². The molecule has 2 rings (SSSR count). The molecule has 1 N–H and O–H groups in total. The average Bonchev–Trinajstić information content (AvgIpc) is 2.85. The summed E-state index contributed by atoms with van der Waals surface area (Å²) in [4.78, 5) is 11.8. The van der Waals surface area contributed by atoms with Gasteiger partial charge in [-0.1, -0.05) is 34.5 Å². The normalized spacial score (nSPS) is 11.9. The van der Waals surface area contributed by atoms with E-state index in [4.69, 9.17) is 27.9 Å². The Bertz CT molecular complexity index is 577. The largest absolute Gasteiger partial charge is 0.479 e. The van der Waals surface area contributed by atoms with Crippen LogP contribution in [0.1, 0.15) is 6.92 Å². The summed E-state index contributed by atoms with van der Waals surface area (Å²) < 4.78 is 5.46. The number of hydrogen-bond acceptors (Lipinski definition) is 5. The van der Waals surface area contributed by atoms with Crippen LogP contribution in [0.3, 0.4) is 0 Å². The van der Waals surface area contributed by atoms with Crippen molar-refractivity contribution in [2.75, 3.05) is 5.32 Å². The lowest BCUT2D eigenvalue weighted by Gasteiger charge is -2.14. The van der Waals surface area contributed by atoms with Gasteiger partial charge in [-0.05, 0) is 25.1 Å². The summed E-state index contributed by atoms with van der Waals surface area (Å²) in [5, 5.41) is 11.2. The molecule has 1 aromatic heterocycles. The fourth-order valence-electron chi connectivity index (χ4n) is 1.25. The van der Waals surface area contributed by atoms with Crippen molar-refractivity contribution in [1.29, 1.82) is 0 Å². The molecule has 2 aromatic rings. The Labute approximate surface area is 123 Å². The zero-order valence-corrected chi connectivity index (χ0v) is 12.1. The molecule has 1 amide bonds. The molecule has 1 unspecified atom stereocenters. The summed E-state index contributed by atoms with van der Waals surface area (Å²) >= 11 is 13.0. The lowest BCUT2D eigenvalue weighted by molar-refractivity contribution is -0.122. The second-order valence-corrected chi connectivity index (χ2v) is 5.24. The Morgan fingerprint density at radius 1 is 1.47 bits per heavy atom. The van der Waals surface area contributed by atoms with Crippen LogP contribution in [0.4, 0.5) is 5.13 Å². The maximum absolute atomic E-state index is 11.8. The molecular weight excluding hydrogens is 309 g/mol. The Kier molecular flexibility index (Phi) is 4.57. The fourth-order valence-corrected chi connectivity index (χ4v) is 2.15. The molecule has 8 heteroatoms. The molecule has 0 saturated heterocycles. The highest BCUT2D eigenvalue weighted by molar-refractivity contribution is 7.13. The Morgan fingerprint density at radius 2 is 2.26 bits per heavy atom. The molecule has 0 saturated carbocycles. The SMILES string of the molecule is CC(Oc1ccc(Cl)cc1Cl)C(=O)Nc1nncs1. The van der Waals surface area contributed by atoms with Crippen LogP contribution in [-0.4, -0.2) is 22.2 Å². The minimum Gasteiger partial charge on any atom is -0.479 e. The second-order valence-electron chi connectivity index (χ2n) is 3.57. The van der Waals surface area contributed by atoms with Gasteiger partial charge in [-0.3, -0.25) is 10.1 Å². The molecule has 0 fully saturated rings. The zero-order valence-electron chi connectivity index (χ0n) is 9.76. The van der Waals surface area contributed by atoms with Gasteiger partial charge in [0.2, 0.25) is 5.13 Å². The number of halogens is 2. The molecule has 0 aliphatic heterocycles. The summed E-state index contributed by atoms with van der Waals surface area (Å²) in [6, 6.07) is 4.80. The zero-order chi connectivity index (χ0) is 13.8. The standard InChI is InChI=1S/C11H9Cl2N3O2S/c1-6(10(17)15-11-16-14-5-19-11)18-9-3-2-7(12)4-8(9)13/h2-6H,1H3,(H,15,16,17). The van der Waals surface area contributed by atoms with Gasteiger partial charge >= 0.3 is 0 Å². The van der Waals surface area contributed by atoms with Crippen LogP contribution in [0.15, 0.2) is 23.7 Å². The molecule has 1 heterocycles. The van der Waals surface area contributed by atoms with E-state index in [1.807, 2.05) is 0 Å². The topological polar surface area (TPSA) is 64.1 Å². The smallest absolute Gasteiger partial charge is 0.266 e. The molecule has 0 aliphatic rings. The van der Waals surface area contributed by atoms with Gasteiger partial charge in [0.25, 0.3) is 5.91 Å². The number of hydrogen-bond donors (Lipinski definition) is 1. The first-order valence-corrected chi connectivity index (χ1v) is 6.88. The minimum absolute atomic E-state index is 0.331. The molecule has 19 heavy (non-hydrogen) atoms. The maximum Gasteiger partial charge on any atom is 0.266 e. The molecule has 0 spiro atoms. The van der Waals surface area contributed by atoms with Crippen LogP contribution in [-0.2, 0) is 4.79 Å². The van der Waals surface area contributed by atoms with Gasteiger partial charge < -0.3 is 4.74 Å². The molecule has 0 radical (unpaired) electrons. The van der Waals surface area contributed by atoms with E-state index in [1.54, 1.807) is 25.1 Å². The third kappa shape index (κ3) is 3.79. The van der Waals surface area contributed by atoms with Gasteiger partial charge in [0.1, 0.15) is 11.3 Å².